The Morgan fingerprint density at radius 1 is 1.26 bits per heavy atom. The summed E-state index contributed by atoms with van der Waals surface area (Å²) in [5.41, 5.74) is 1.72. The minimum atomic E-state index is -0.414. The molecular weight excluding hydrogens is 334 g/mol. The second kappa shape index (κ2) is 7.62. The van der Waals surface area contributed by atoms with E-state index in [9.17, 15) is 9.59 Å². The minimum absolute atomic E-state index is 0.286. The van der Waals surface area contributed by atoms with Gasteiger partial charge in [-0.15, -0.1) is 11.3 Å². The number of benzene rings is 1. The quantitative estimate of drug-likeness (QED) is 0.794. The average molecular weight is 352 g/mol. The van der Waals surface area contributed by atoms with Gasteiger partial charge in [0.1, 0.15) is 5.00 Å². The number of ether oxygens (including phenoxy) is 1. The van der Waals surface area contributed by atoms with Crippen LogP contribution in [-0.4, -0.2) is 18.5 Å². The largest absolute Gasteiger partial charge is 0.462 e. The molecule has 2 aromatic rings. The van der Waals surface area contributed by atoms with E-state index in [1.165, 1.54) is 11.3 Å². The fourth-order valence-corrected chi connectivity index (χ4v) is 3.68. The Bertz CT molecular complexity index is 739. The summed E-state index contributed by atoms with van der Waals surface area (Å²) in [4.78, 5) is 25.7. The molecule has 0 saturated carbocycles. The highest BCUT2D eigenvalue weighted by atomic mass is 35.5. The number of carbonyl (C=O) groups excluding carboxylic acids is 2. The highest BCUT2D eigenvalue weighted by Crippen LogP contribution is 2.34. The molecule has 0 aliphatic rings. The Labute approximate surface area is 144 Å². The molecule has 0 saturated heterocycles. The topological polar surface area (TPSA) is 55.4 Å². The summed E-state index contributed by atoms with van der Waals surface area (Å²) in [6, 6.07) is 6.79. The van der Waals surface area contributed by atoms with Crippen LogP contribution in [0.2, 0.25) is 5.02 Å². The Morgan fingerprint density at radius 3 is 2.57 bits per heavy atom. The molecule has 0 unspecified atom stereocenters. The lowest BCUT2D eigenvalue weighted by molar-refractivity contribution is 0.0527. The van der Waals surface area contributed by atoms with Gasteiger partial charge in [-0.3, -0.25) is 4.79 Å². The maximum Gasteiger partial charge on any atom is 0.341 e. The van der Waals surface area contributed by atoms with Crippen LogP contribution in [0, 0.1) is 6.92 Å². The minimum Gasteiger partial charge on any atom is -0.462 e. The second-order valence-electron chi connectivity index (χ2n) is 4.85. The number of rotatable bonds is 5. The van der Waals surface area contributed by atoms with E-state index in [0.717, 1.165) is 10.4 Å². The summed E-state index contributed by atoms with van der Waals surface area (Å²) in [6.45, 7) is 5.94. The SMILES string of the molecule is CCOC(=O)c1c(NC(=O)c2ccccc2Cl)sc(C)c1CC. The van der Waals surface area contributed by atoms with Crippen molar-refractivity contribution in [1.82, 2.24) is 0 Å². The van der Waals surface area contributed by atoms with Crippen LogP contribution in [0.1, 0.15) is 45.0 Å². The van der Waals surface area contributed by atoms with Gasteiger partial charge in [-0.05, 0) is 38.0 Å². The molecule has 1 heterocycles. The number of amides is 1. The molecule has 0 fully saturated rings. The molecule has 1 aromatic carbocycles. The van der Waals surface area contributed by atoms with E-state index in [1.54, 1.807) is 31.2 Å². The van der Waals surface area contributed by atoms with E-state index >= 15 is 0 Å². The summed E-state index contributed by atoms with van der Waals surface area (Å²) in [6.07, 6.45) is 0.693. The van der Waals surface area contributed by atoms with Gasteiger partial charge in [0.05, 0.1) is 22.8 Å². The molecule has 0 aliphatic carbocycles. The standard InChI is InChI=1S/C17H18ClNO3S/c1-4-11-10(3)23-16(14(11)17(21)22-5-2)19-15(20)12-8-6-7-9-13(12)18/h6-9H,4-5H2,1-3H3,(H,19,20). The lowest BCUT2D eigenvalue weighted by Crippen LogP contribution is -2.15. The van der Waals surface area contributed by atoms with Crippen molar-refractivity contribution in [3.8, 4) is 0 Å². The molecule has 1 amide bonds. The highest BCUT2D eigenvalue weighted by Gasteiger charge is 2.24. The van der Waals surface area contributed by atoms with Crippen LogP contribution in [0.25, 0.3) is 0 Å². The zero-order chi connectivity index (χ0) is 17.0. The Morgan fingerprint density at radius 2 is 1.96 bits per heavy atom. The van der Waals surface area contributed by atoms with Crippen LogP contribution in [0.5, 0.6) is 0 Å². The molecule has 6 heteroatoms. The van der Waals surface area contributed by atoms with Gasteiger partial charge >= 0.3 is 5.97 Å². The first kappa shape index (κ1) is 17.5. The molecule has 0 aliphatic heterocycles. The summed E-state index contributed by atoms with van der Waals surface area (Å²) < 4.78 is 5.13. The van der Waals surface area contributed by atoms with Crippen LogP contribution in [0.3, 0.4) is 0 Å². The number of hydrogen-bond acceptors (Lipinski definition) is 4. The first-order chi connectivity index (χ1) is 11.0. The van der Waals surface area contributed by atoms with Crippen molar-refractivity contribution in [2.24, 2.45) is 0 Å². The van der Waals surface area contributed by atoms with E-state index < -0.39 is 5.97 Å². The number of halogens is 1. The molecule has 0 atom stereocenters. The molecule has 2 rings (SSSR count). The van der Waals surface area contributed by atoms with Crippen LogP contribution in [0.4, 0.5) is 5.00 Å². The maximum atomic E-state index is 12.4. The van der Waals surface area contributed by atoms with Gasteiger partial charge in [-0.25, -0.2) is 4.79 Å². The van der Waals surface area contributed by atoms with E-state index in [2.05, 4.69) is 5.32 Å². The zero-order valence-electron chi connectivity index (χ0n) is 13.2. The predicted molar refractivity (Wildman–Crippen MR) is 93.8 cm³/mol. The summed E-state index contributed by atoms with van der Waals surface area (Å²) in [5.74, 6) is -0.756. The van der Waals surface area contributed by atoms with Crippen LogP contribution >= 0.6 is 22.9 Å². The number of hydrogen-bond donors (Lipinski definition) is 1. The first-order valence-corrected chi connectivity index (χ1v) is 8.54. The maximum absolute atomic E-state index is 12.4. The van der Waals surface area contributed by atoms with Crippen molar-refractivity contribution >= 4 is 39.8 Å². The fraction of sp³-hybridized carbons (Fsp3) is 0.294. The van der Waals surface area contributed by atoms with E-state index in [1.807, 2.05) is 13.8 Å². The van der Waals surface area contributed by atoms with E-state index in [4.69, 9.17) is 16.3 Å². The van der Waals surface area contributed by atoms with Gasteiger partial charge in [0.15, 0.2) is 0 Å². The van der Waals surface area contributed by atoms with Gasteiger partial charge in [0.25, 0.3) is 5.91 Å². The number of aryl methyl sites for hydroxylation is 1. The number of thiophene rings is 1. The molecule has 23 heavy (non-hydrogen) atoms. The fourth-order valence-electron chi connectivity index (χ4n) is 2.33. The van der Waals surface area contributed by atoms with Gasteiger partial charge in [0, 0.05) is 4.88 Å². The Kier molecular flexibility index (Phi) is 5.80. The Hall–Kier alpha value is -1.85. The number of carbonyl (C=O) groups is 2. The second-order valence-corrected chi connectivity index (χ2v) is 6.48. The van der Waals surface area contributed by atoms with Gasteiger partial charge in [0.2, 0.25) is 0 Å². The molecule has 4 nitrogen and oxygen atoms in total. The lowest BCUT2D eigenvalue weighted by atomic mass is 10.1. The number of nitrogens with one attached hydrogen (secondary N) is 1. The number of anilines is 1. The van der Waals surface area contributed by atoms with E-state index in [0.29, 0.717) is 27.6 Å². The van der Waals surface area contributed by atoms with Crippen molar-refractivity contribution < 1.29 is 14.3 Å². The average Bonchev–Trinajstić information content (AvgIpc) is 2.83. The van der Waals surface area contributed by atoms with Crippen molar-refractivity contribution in [2.75, 3.05) is 11.9 Å². The molecule has 1 aromatic heterocycles. The molecule has 122 valence electrons. The van der Waals surface area contributed by atoms with Gasteiger partial charge < -0.3 is 10.1 Å². The van der Waals surface area contributed by atoms with Crippen molar-refractivity contribution in [1.29, 1.82) is 0 Å². The van der Waals surface area contributed by atoms with E-state index in [-0.39, 0.29) is 12.5 Å². The molecule has 1 N–H and O–H groups in total. The molecular formula is C17H18ClNO3S. The summed E-state index contributed by atoms with van der Waals surface area (Å²) >= 11 is 7.42. The molecule has 0 radical (unpaired) electrons. The highest BCUT2D eigenvalue weighted by molar-refractivity contribution is 7.16. The predicted octanol–water partition coefficient (Wildman–Crippen LogP) is 4.70. The van der Waals surface area contributed by atoms with Crippen molar-refractivity contribution in [3.05, 3.63) is 50.9 Å². The lowest BCUT2D eigenvalue weighted by Gasteiger charge is -2.08. The molecule has 0 spiro atoms. The van der Waals surface area contributed by atoms with Crippen LogP contribution in [-0.2, 0) is 11.2 Å². The van der Waals surface area contributed by atoms with Crippen LogP contribution in [0.15, 0.2) is 24.3 Å². The van der Waals surface area contributed by atoms with Gasteiger partial charge in [-0.2, -0.15) is 0 Å². The van der Waals surface area contributed by atoms with Crippen molar-refractivity contribution in [2.45, 2.75) is 27.2 Å². The summed E-state index contributed by atoms with van der Waals surface area (Å²) in [7, 11) is 0. The molecule has 0 bridgehead atoms. The van der Waals surface area contributed by atoms with Gasteiger partial charge in [-0.1, -0.05) is 30.7 Å². The third-order valence-corrected chi connectivity index (χ3v) is 4.78. The monoisotopic (exact) mass is 351 g/mol. The van der Waals surface area contributed by atoms with Crippen LogP contribution < -0.4 is 5.32 Å². The smallest absolute Gasteiger partial charge is 0.341 e. The third-order valence-electron chi connectivity index (χ3n) is 3.39. The Balaban J connectivity index is 2.38. The first-order valence-electron chi connectivity index (χ1n) is 7.34. The third kappa shape index (κ3) is 3.74. The normalized spacial score (nSPS) is 10.4. The number of esters is 1. The summed E-state index contributed by atoms with van der Waals surface area (Å²) in [5, 5.41) is 3.67. The van der Waals surface area contributed by atoms with Crippen molar-refractivity contribution in [3.63, 3.8) is 0 Å². The zero-order valence-corrected chi connectivity index (χ0v) is 14.8.